The molecule has 66 valence electrons. The Labute approximate surface area is 79.0 Å². The van der Waals surface area contributed by atoms with Crippen LogP contribution in [0.15, 0.2) is 0 Å². The number of aromatic nitrogens is 1. The van der Waals surface area contributed by atoms with Gasteiger partial charge in [-0.15, -0.1) is 22.9 Å². The fourth-order valence-electron chi connectivity index (χ4n) is 0.865. The highest BCUT2D eigenvalue weighted by molar-refractivity contribution is 7.13. The van der Waals surface area contributed by atoms with Gasteiger partial charge in [-0.2, -0.15) is 0 Å². The summed E-state index contributed by atoms with van der Waals surface area (Å²) in [6.45, 7) is 1.87. The molecular weight excluding hydrogens is 198 g/mol. The molecule has 0 aliphatic heterocycles. The van der Waals surface area contributed by atoms with Gasteiger partial charge in [-0.3, -0.25) is 0 Å². The van der Waals surface area contributed by atoms with Crippen LogP contribution in [0.4, 0.5) is 0 Å². The summed E-state index contributed by atoms with van der Waals surface area (Å²) in [5.74, 6) is -0.633. The summed E-state index contributed by atoms with van der Waals surface area (Å²) in [6, 6.07) is 0. The standard InChI is InChI=1S/C7H8ClNO2S/c1-2-4-6(7(10)11)12-5(3-8)9-4/h2-3H2,1H3,(H,10,11). The zero-order chi connectivity index (χ0) is 9.14. The topological polar surface area (TPSA) is 50.2 Å². The second-order valence-corrected chi connectivity index (χ2v) is 3.53. The van der Waals surface area contributed by atoms with Crippen LogP contribution in [-0.2, 0) is 12.3 Å². The summed E-state index contributed by atoms with van der Waals surface area (Å²) >= 11 is 6.68. The number of aromatic carboxylic acids is 1. The number of alkyl halides is 1. The van der Waals surface area contributed by atoms with Crippen LogP contribution < -0.4 is 0 Å². The third-order valence-corrected chi connectivity index (χ3v) is 2.88. The first kappa shape index (κ1) is 9.48. The van der Waals surface area contributed by atoms with Crippen molar-refractivity contribution in [1.29, 1.82) is 0 Å². The lowest BCUT2D eigenvalue weighted by atomic mass is 10.3. The lowest BCUT2D eigenvalue weighted by molar-refractivity contribution is 0.0701. The van der Waals surface area contributed by atoms with Crippen molar-refractivity contribution in [2.24, 2.45) is 0 Å². The quantitative estimate of drug-likeness (QED) is 0.770. The van der Waals surface area contributed by atoms with Gasteiger partial charge in [-0.05, 0) is 6.42 Å². The third-order valence-electron chi connectivity index (χ3n) is 1.39. The van der Waals surface area contributed by atoms with Crippen molar-refractivity contribution >= 4 is 28.9 Å². The Morgan fingerprint density at radius 2 is 2.42 bits per heavy atom. The highest BCUT2D eigenvalue weighted by atomic mass is 35.5. The van der Waals surface area contributed by atoms with E-state index in [-0.39, 0.29) is 5.88 Å². The van der Waals surface area contributed by atoms with Crippen LogP contribution in [0.1, 0.15) is 27.3 Å². The molecule has 5 heteroatoms. The fraction of sp³-hybridized carbons (Fsp3) is 0.429. The van der Waals surface area contributed by atoms with Gasteiger partial charge in [0, 0.05) is 0 Å². The number of hydrogen-bond acceptors (Lipinski definition) is 3. The molecule has 0 aliphatic carbocycles. The SMILES string of the molecule is CCc1nc(CCl)sc1C(=O)O. The third kappa shape index (κ3) is 1.76. The molecule has 0 radical (unpaired) electrons. The number of rotatable bonds is 3. The van der Waals surface area contributed by atoms with E-state index in [0.717, 1.165) is 11.3 Å². The highest BCUT2D eigenvalue weighted by Crippen LogP contribution is 2.20. The number of aryl methyl sites for hydroxylation is 1. The Morgan fingerprint density at radius 3 is 2.75 bits per heavy atom. The molecular formula is C7H8ClNO2S. The van der Waals surface area contributed by atoms with Crippen LogP contribution in [-0.4, -0.2) is 16.1 Å². The molecule has 0 unspecified atom stereocenters. The van der Waals surface area contributed by atoms with Gasteiger partial charge < -0.3 is 5.11 Å². The van der Waals surface area contributed by atoms with Crippen molar-refractivity contribution in [3.8, 4) is 0 Å². The summed E-state index contributed by atoms with van der Waals surface area (Å²) in [7, 11) is 0. The van der Waals surface area contributed by atoms with E-state index in [4.69, 9.17) is 16.7 Å². The van der Waals surface area contributed by atoms with Gasteiger partial charge >= 0.3 is 5.97 Å². The van der Waals surface area contributed by atoms with Gasteiger partial charge in [-0.1, -0.05) is 6.92 Å². The van der Waals surface area contributed by atoms with Crippen LogP contribution >= 0.6 is 22.9 Å². The summed E-state index contributed by atoms with van der Waals surface area (Å²) < 4.78 is 0. The molecule has 12 heavy (non-hydrogen) atoms. The number of carboxylic acid groups (broad SMARTS) is 1. The number of nitrogens with zero attached hydrogens (tertiary/aromatic N) is 1. The van der Waals surface area contributed by atoms with E-state index in [1.165, 1.54) is 0 Å². The second-order valence-electron chi connectivity index (χ2n) is 2.18. The van der Waals surface area contributed by atoms with Crippen molar-refractivity contribution in [3.05, 3.63) is 15.6 Å². The van der Waals surface area contributed by atoms with E-state index in [9.17, 15) is 4.79 Å². The molecule has 0 aromatic carbocycles. The molecule has 1 aromatic heterocycles. The van der Waals surface area contributed by atoms with E-state index in [1.54, 1.807) is 0 Å². The zero-order valence-electron chi connectivity index (χ0n) is 6.50. The van der Waals surface area contributed by atoms with Crippen molar-refractivity contribution < 1.29 is 9.90 Å². The first-order valence-electron chi connectivity index (χ1n) is 3.46. The summed E-state index contributed by atoms with van der Waals surface area (Å²) in [4.78, 5) is 15.0. The Bertz CT molecular complexity index is 298. The van der Waals surface area contributed by atoms with E-state index < -0.39 is 5.97 Å². The first-order valence-corrected chi connectivity index (χ1v) is 4.82. The highest BCUT2D eigenvalue weighted by Gasteiger charge is 2.14. The molecule has 1 rings (SSSR count). The van der Waals surface area contributed by atoms with Crippen molar-refractivity contribution in [3.63, 3.8) is 0 Å². The molecule has 0 saturated heterocycles. The van der Waals surface area contributed by atoms with Gasteiger partial charge in [0.25, 0.3) is 0 Å². The maximum Gasteiger partial charge on any atom is 0.347 e. The number of carboxylic acids is 1. The minimum Gasteiger partial charge on any atom is -0.477 e. The number of carbonyl (C=O) groups is 1. The van der Waals surface area contributed by atoms with Crippen LogP contribution in [0, 0.1) is 0 Å². The van der Waals surface area contributed by atoms with Gasteiger partial charge in [0.2, 0.25) is 0 Å². The molecule has 0 saturated carbocycles. The Balaban J connectivity index is 3.08. The van der Waals surface area contributed by atoms with Crippen molar-refractivity contribution in [2.45, 2.75) is 19.2 Å². The molecule has 1 N–H and O–H groups in total. The fourth-order valence-corrected chi connectivity index (χ4v) is 1.93. The molecule has 0 aliphatic rings. The van der Waals surface area contributed by atoms with E-state index in [0.29, 0.717) is 22.0 Å². The molecule has 0 fully saturated rings. The average molecular weight is 206 g/mol. The largest absolute Gasteiger partial charge is 0.477 e. The zero-order valence-corrected chi connectivity index (χ0v) is 8.08. The van der Waals surface area contributed by atoms with E-state index in [1.807, 2.05) is 6.92 Å². The van der Waals surface area contributed by atoms with E-state index >= 15 is 0 Å². The molecule has 0 atom stereocenters. The van der Waals surface area contributed by atoms with Crippen molar-refractivity contribution in [1.82, 2.24) is 4.98 Å². The van der Waals surface area contributed by atoms with Crippen LogP contribution in [0.25, 0.3) is 0 Å². The Kier molecular flexibility index (Phi) is 3.05. The Hall–Kier alpha value is -0.610. The normalized spacial score (nSPS) is 10.2. The first-order chi connectivity index (χ1) is 5.69. The Morgan fingerprint density at radius 1 is 1.75 bits per heavy atom. The number of halogens is 1. The molecule has 1 aromatic rings. The summed E-state index contributed by atoms with van der Waals surface area (Å²) in [5, 5.41) is 9.41. The maximum absolute atomic E-state index is 10.6. The monoisotopic (exact) mass is 205 g/mol. The van der Waals surface area contributed by atoms with Gasteiger partial charge in [-0.25, -0.2) is 9.78 Å². The van der Waals surface area contributed by atoms with Crippen molar-refractivity contribution in [2.75, 3.05) is 0 Å². The van der Waals surface area contributed by atoms with Gasteiger partial charge in [0.05, 0.1) is 11.6 Å². The minimum atomic E-state index is -0.916. The molecule has 0 amide bonds. The summed E-state index contributed by atoms with van der Waals surface area (Å²) in [5.41, 5.74) is 0.628. The predicted octanol–water partition coefficient (Wildman–Crippen LogP) is 2.14. The van der Waals surface area contributed by atoms with Gasteiger partial charge in [0.15, 0.2) is 0 Å². The summed E-state index contributed by atoms with van der Waals surface area (Å²) in [6.07, 6.45) is 0.634. The van der Waals surface area contributed by atoms with E-state index in [2.05, 4.69) is 4.98 Å². The lowest BCUT2D eigenvalue weighted by Gasteiger charge is -1.89. The smallest absolute Gasteiger partial charge is 0.347 e. The predicted molar refractivity (Wildman–Crippen MR) is 48.0 cm³/mol. The average Bonchev–Trinajstić information content (AvgIpc) is 2.47. The molecule has 0 spiro atoms. The van der Waals surface area contributed by atoms with Gasteiger partial charge in [0.1, 0.15) is 9.88 Å². The van der Waals surface area contributed by atoms with Crippen LogP contribution in [0.2, 0.25) is 0 Å². The number of hydrogen-bond donors (Lipinski definition) is 1. The molecule has 0 bridgehead atoms. The number of thiazole rings is 1. The minimum absolute atomic E-state index is 0.283. The van der Waals surface area contributed by atoms with Crippen LogP contribution in [0.3, 0.4) is 0 Å². The maximum atomic E-state index is 10.6. The lowest BCUT2D eigenvalue weighted by Crippen LogP contribution is -1.97. The molecule has 3 nitrogen and oxygen atoms in total. The van der Waals surface area contributed by atoms with Crippen LogP contribution in [0.5, 0.6) is 0 Å². The molecule has 1 heterocycles. The second kappa shape index (κ2) is 3.87.